The lowest BCUT2D eigenvalue weighted by atomic mass is 9.87. The minimum absolute atomic E-state index is 0. The van der Waals surface area contributed by atoms with E-state index < -0.39 is 0 Å². The third-order valence-corrected chi connectivity index (χ3v) is 3.43. The summed E-state index contributed by atoms with van der Waals surface area (Å²) >= 11 is 0. The van der Waals surface area contributed by atoms with Crippen LogP contribution in [0.3, 0.4) is 0 Å². The topological polar surface area (TPSA) is 62.7 Å². The normalized spacial score (nSPS) is 23.2. The molecule has 19 heavy (non-hydrogen) atoms. The summed E-state index contributed by atoms with van der Waals surface area (Å²) in [4.78, 5) is 15.2. The average molecular weight is 383 g/mol. The Morgan fingerprint density at radius 1 is 1.32 bits per heavy atom. The van der Waals surface area contributed by atoms with E-state index in [1.807, 2.05) is 0 Å². The molecule has 112 valence electrons. The molecule has 1 aliphatic rings. The standard InChI is InChI=1S/C13H25N3O2.HI/c1-10-4-6-11(7-5-10)16-13(14-2)15-9-8-12(17)18-3;/h10-11H,4-9H2,1-3H3,(H2,14,15,16);1H. The summed E-state index contributed by atoms with van der Waals surface area (Å²) in [7, 11) is 3.15. The number of halogens is 1. The summed E-state index contributed by atoms with van der Waals surface area (Å²) in [6.07, 6.45) is 5.30. The summed E-state index contributed by atoms with van der Waals surface area (Å²) in [6.45, 7) is 2.86. The number of nitrogens with zero attached hydrogens (tertiary/aromatic N) is 1. The van der Waals surface area contributed by atoms with Crippen LogP contribution in [0.2, 0.25) is 0 Å². The Balaban J connectivity index is 0.00000324. The SMILES string of the molecule is CN=C(NCCC(=O)OC)NC1CCC(C)CC1.I. The first-order chi connectivity index (χ1) is 8.65. The van der Waals surface area contributed by atoms with E-state index in [4.69, 9.17) is 0 Å². The molecule has 0 atom stereocenters. The lowest BCUT2D eigenvalue weighted by Crippen LogP contribution is -2.45. The molecule has 5 nitrogen and oxygen atoms in total. The van der Waals surface area contributed by atoms with Crippen molar-refractivity contribution in [3.63, 3.8) is 0 Å². The van der Waals surface area contributed by atoms with Crippen LogP contribution in [0.4, 0.5) is 0 Å². The minimum Gasteiger partial charge on any atom is -0.469 e. The van der Waals surface area contributed by atoms with Crippen molar-refractivity contribution in [2.24, 2.45) is 10.9 Å². The number of ether oxygens (including phenoxy) is 1. The number of hydrogen-bond donors (Lipinski definition) is 2. The fraction of sp³-hybridized carbons (Fsp3) is 0.846. The Morgan fingerprint density at radius 3 is 2.47 bits per heavy atom. The summed E-state index contributed by atoms with van der Waals surface area (Å²) in [6, 6.07) is 0.505. The van der Waals surface area contributed by atoms with Crippen molar-refractivity contribution in [1.29, 1.82) is 0 Å². The highest BCUT2D eigenvalue weighted by atomic mass is 127. The maximum Gasteiger partial charge on any atom is 0.307 e. The van der Waals surface area contributed by atoms with Gasteiger partial charge in [-0.05, 0) is 31.6 Å². The van der Waals surface area contributed by atoms with E-state index in [0.29, 0.717) is 19.0 Å². The quantitative estimate of drug-likeness (QED) is 0.337. The molecule has 2 N–H and O–H groups in total. The van der Waals surface area contributed by atoms with Crippen LogP contribution in [0.5, 0.6) is 0 Å². The molecule has 0 bridgehead atoms. The first-order valence-electron chi connectivity index (χ1n) is 6.69. The molecule has 0 saturated heterocycles. The van der Waals surface area contributed by atoms with Crippen molar-refractivity contribution in [2.75, 3.05) is 20.7 Å². The van der Waals surface area contributed by atoms with Gasteiger partial charge >= 0.3 is 5.97 Å². The molecule has 0 unspecified atom stereocenters. The highest BCUT2D eigenvalue weighted by molar-refractivity contribution is 14.0. The predicted octanol–water partition coefficient (Wildman–Crippen LogP) is 1.91. The maximum absolute atomic E-state index is 11.0. The molecule has 0 aromatic heterocycles. The number of carbonyl (C=O) groups excluding carboxylic acids is 1. The number of nitrogens with one attached hydrogen (secondary N) is 2. The lowest BCUT2D eigenvalue weighted by molar-refractivity contribution is -0.140. The third kappa shape index (κ3) is 7.59. The second-order valence-electron chi connectivity index (χ2n) is 4.93. The number of rotatable bonds is 4. The van der Waals surface area contributed by atoms with E-state index in [0.717, 1.165) is 11.9 Å². The number of methoxy groups -OCH3 is 1. The number of hydrogen-bond acceptors (Lipinski definition) is 3. The Labute approximate surface area is 133 Å². The predicted molar refractivity (Wildman–Crippen MR) is 88.0 cm³/mol. The van der Waals surface area contributed by atoms with Gasteiger partial charge in [-0.2, -0.15) is 0 Å². The van der Waals surface area contributed by atoms with Crippen LogP contribution in [0.15, 0.2) is 4.99 Å². The molecule has 1 saturated carbocycles. The molecule has 1 aliphatic carbocycles. The van der Waals surface area contributed by atoms with Gasteiger partial charge in [0.25, 0.3) is 0 Å². The fourth-order valence-corrected chi connectivity index (χ4v) is 2.18. The van der Waals surface area contributed by atoms with Gasteiger partial charge in [-0.15, -0.1) is 24.0 Å². The molecule has 0 spiro atoms. The van der Waals surface area contributed by atoms with Gasteiger partial charge in [0.1, 0.15) is 0 Å². The summed E-state index contributed by atoms with van der Waals surface area (Å²) < 4.78 is 4.59. The highest BCUT2D eigenvalue weighted by Gasteiger charge is 2.18. The second kappa shape index (κ2) is 10.3. The lowest BCUT2D eigenvalue weighted by Gasteiger charge is -2.28. The van der Waals surface area contributed by atoms with Crippen LogP contribution in [0, 0.1) is 5.92 Å². The Hall–Kier alpha value is -0.530. The van der Waals surface area contributed by atoms with Gasteiger partial charge in [-0.25, -0.2) is 0 Å². The Morgan fingerprint density at radius 2 is 1.95 bits per heavy atom. The molecule has 1 fully saturated rings. The molecule has 1 rings (SSSR count). The van der Waals surface area contributed by atoms with Crippen molar-refractivity contribution >= 4 is 35.9 Å². The zero-order valence-corrected chi connectivity index (χ0v) is 14.4. The molecule has 0 heterocycles. The van der Waals surface area contributed by atoms with E-state index in [9.17, 15) is 4.79 Å². The van der Waals surface area contributed by atoms with Gasteiger partial charge in [-0.1, -0.05) is 6.92 Å². The van der Waals surface area contributed by atoms with Crippen LogP contribution >= 0.6 is 24.0 Å². The Kier molecular flexibility index (Phi) is 9.99. The number of esters is 1. The monoisotopic (exact) mass is 383 g/mol. The van der Waals surface area contributed by atoms with Gasteiger partial charge in [-0.3, -0.25) is 9.79 Å². The van der Waals surface area contributed by atoms with Gasteiger partial charge in [0, 0.05) is 19.6 Å². The van der Waals surface area contributed by atoms with Crippen molar-refractivity contribution < 1.29 is 9.53 Å². The van der Waals surface area contributed by atoms with E-state index in [-0.39, 0.29) is 29.9 Å². The first kappa shape index (κ1) is 18.5. The largest absolute Gasteiger partial charge is 0.469 e. The number of aliphatic imine (C=N–C) groups is 1. The van der Waals surface area contributed by atoms with Crippen LogP contribution in [0.25, 0.3) is 0 Å². The van der Waals surface area contributed by atoms with Gasteiger partial charge < -0.3 is 15.4 Å². The van der Waals surface area contributed by atoms with Gasteiger partial charge in [0.2, 0.25) is 0 Å². The third-order valence-electron chi connectivity index (χ3n) is 3.43. The second-order valence-corrected chi connectivity index (χ2v) is 4.93. The van der Waals surface area contributed by atoms with Crippen LogP contribution < -0.4 is 10.6 Å². The van der Waals surface area contributed by atoms with E-state index in [2.05, 4.69) is 27.3 Å². The van der Waals surface area contributed by atoms with Gasteiger partial charge in [0.15, 0.2) is 5.96 Å². The molecule has 0 aliphatic heterocycles. The van der Waals surface area contributed by atoms with Crippen LogP contribution in [0.1, 0.15) is 39.0 Å². The molecular weight excluding hydrogens is 357 g/mol. The minimum atomic E-state index is -0.204. The van der Waals surface area contributed by atoms with Crippen LogP contribution in [-0.4, -0.2) is 38.7 Å². The van der Waals surface area contributed by atoms with Crippen molar-refractivity contribution in [3.05, 3.63) is 0 Å². The molecule has 0 aromatic carbocycles. The fourth-order valence-electron chi connectivity index (χ4n) is 2.18. The molecule has 0 aromatic rings. The molecular formula is C13H26IN3O2. The Bertz CT molecular complexity index is 290. The van der Waals surface area contributed by atoms with Gasteiger partial charge in [0.05, 0.1) is 13.5 Å². The molecule has 0 radical (unpaired) electrons. The van der Waals surface area contributed by atoms with Crippen molar-refractivity contribution in [3.8, 4) is 0 Å². The van der Waals surface area contributed by atoms with Crippen molar-refractivity contribution in [2.45, 2.75) is 45.1 Å². The summed E-state index contributed by atoms with van der Waals surface area (Å²) in [5.41, 5.74) is 0. The average Bonchev–Trinajstić information content (AvgIpc) is 2.39. The molecule has 6 heteroatoms. The first-order valence-corrected chi connectivity index (χ1v) is 6.69. The highest BCUT2D eigenvalue weighted by Crippen LogP contribution is 2.23. The summed E-state index contributed by atoms with van der Waals surface area (Å²) in [5.74, 6) is 1.42. The van der Waals surface area contributed by atoms with E-state index in [1.54, 1.807) is 7.05 Å². The van der Waals surface area contributed by atoms with E-state index in [1.165, 1.54) is 32.8 Å². The van der Waals surface area contributed by atoms with E-state index >= 15 is 0 Å². The smallest absolute Gasteiger partial charge is 0.307 e. The number of carbonyl (C=O) groups is 1. The maximum atomic E-state index is 11.0. The zero-order chi connectivity index (χ0) is 13.4. The van der Waals surface area contributed by atoms with Crippen LogP contribution in [-0.2, 0) is 9.53 Å². The molecule has 0 amide bonds. The summed E-state index contributed by atoms with van der Waals surface area (Å²) in [5, 5.41) is 6.54. The van der Waals surface area contributed by atoms with Crippen molar-refractivity contribution in [1.82, 2.24) is 10.6 Å². The zero-order valence-electron chi connectivity index (χ0n) is 12.1. The number of guanidine groups is 1.